The van der Waals surface area contributed by atoms with Crippen molar-refractivity contribution in [1.82, 2.24) is 15.4 Å². The lowest BCUT2D eigenvalue weighted by Gasteiger charge is -2.23. The predicted octanol–water partition coefficient (Wildman–Crippen LogP) is 0.529. The highest BCUT2D eigenvalue weighted by Gasteiger charge is 2.18. The van der Waals surface area contributed by atoms with Gasteiger partial charge in [-0.1, -0.05) is 5.16 Å². The van der Waals surface area contributed by atoms with Crippen molar-refractivity contribution in [3.63, 3.8) is 0 Å². The largest absolute Gasteiger partial charge is 0.395 e. The highest BCUT2D eigenvalue weighted by atomic mass is 16.5. The summed E-state index contributed by atoms with van der Waals surface area (Å²) in [6, 6.07) is 2.50. The van der Waals surface area contributed by atoms with E-state index < -0.39 is 0 Å². The third-order valence-corrected chi connectivity index (χ3v) is 3.12. The van der Waals surface area contributed by atoms with Gasteiger partial charge in [0.2, 0.25) is 0 Å². The van der Waals surface area contributed by atoms with Crippen LogP contribution in [0.5, 0.6) is 0 Å². The molecule has 0 bridgehead atoms. The van der Waals surface area contributed by atoms with Crippen LogP contribution in [0.4, 0.5) is 0 Å². The van der Waals surface area contributed by atoms with E-state index in [1.807, 2.05) is 13.0 Å². The maximum Gasteiger partial charge on any atom is 0.133 e. The quantitative estimate of drug-likeness (QED) is 0.758. The fourth-order valence-corrected chi connectivity index (χ4v) is 2.32. The summed E-state index contributed by atoms with van der Waals surface area (Å²) in [4.78, 5) is 2.22. The molecule has 1 aliphatic heterocycles. The second kappa shape index (κ2) is 6.14. The Kier molecular flexibility index (Phi) is 4.53. The van der Waals surface area contributed by atoms with Crippen LogP contribution in [-0.4, -0.2) is 47.4 Å². The van der Waals surface area contributed by atoms with Gasteiger partial charge in [-0.25, -0.2) is 0 Å². The van der Waals surface area contributed by atoms with Crippen molar-refractivity contribution in [2.75, 3.05) is 26.2 Å². The number of hydrogen-bond acceptors (Lipinski definition) is 5. The number of aliphatic hydroxyl groups is 1. The first-order valence-corrected chi connectivity index (χ1v) is 6.26. The second-order valence-electron chi connectivity index (χ2n) is 4.68. The van der Waals surface area contributed by atoms with Gasteiger partial charge >= 0.3 is 0 Å². The molecule has 1 fully saturated rings. The van der Waals surface area contributed by atoms with Crippen LogP contribution < -0.4 is 5.32 Å². The number of aryl methyl sites for hydroxylation is 1. The molecule has 2 rings (SSSR count). The van der Waals surface area contributed by atoms with Gasteiger partial charge in [0, 0.05) is 31.7 Å². The lowest BCUT2D eigenvalue weighted by atomic mass is 10.2. The van der Waals surface area contributed by atoms with Gasteiger partial charge in [0.15, 0.2) is 0 Å². The third kappa shape index (κ3) is 3.80. The number of rotatable bonds is 6. The van der Waals surface area contributed by atoms with E-state index in [1.165, 1.54) is 12.8 Å². The Morgan fingerprint density at radius 1 is 1.65 bits per heavy atom. The molecule has 0 radical (unpaired) electrons. The Labute approximate surface area is 102 Å². The molecule has 1 aromatic heterocycles. The molecule has 2 N–H and O–H groups in total. The standard InChI is InChI=1S/C12H21N3O2/c1-10-7-12(14-17-10)9-15(5-6-16)8-11-3-2-4-13-11/h7,11,13,16H,2-6,8-9H2,1H3. The molecule has 0 amide bonds. The smallest absolute Gasteiger partial charge is 0.133 e. The summed E-state index contributed by atoms with van der Waals surface area (Å²) < 4.78 is 5.06. The molecule has 5 nitrogen and oxygen atoms in total. The Bertz CT molecular complexity index is 334. The van der Waals surface area contributed by atoms with Crippen molar-refractivity contribution in [3.8, 4) is 0 Å². The van der Waals surface area contributed by atoms with E-state index in [9.17, 15) is 0 Å². The zero-order valence-corrected chi connectivity index (χ0v) is 10.4. The van der Waals surface area contributed by atoms with Gasteiger partial charge in [-0.2, -0.15) is 0 Å². The Balaban J connectivity index is 1.87. The molecule has 0 aromatic carbocycles. The molecular weight excluding hydrogens is 218 g/mol. The van der Waals surface area contributed by atoms with Crippen molar-refractivity contribution in [3.05, 3.63) is 17.5 Å². The molecule has 1 aliphatic rings. The molecule has 96 valence electrons. The molecule has 17 heavy (non-hydrogen) atoms. The highest BCUT2D eigenvalue weighted by molar-refractivity contribution is 5.03. The van der Waals surface area contributed by atoms with E-state index in [2.05, 4.69) is 15.4 Å². The van der Waals surface area contributed by atoms with Crippen molar-refractivity contribution >= 4 is 0 Å². The lowest BCUT2D eigenvalue weighted by Crippen LogP contribution is -2.38. The van der Waals surface area contributed by atoms with Crippen LogP contribution in [0.2, 0.25) is 0 Å². The normalized spacial score (nSPS) is 20.3. The molecule has 5 heteroatoms. The topological polar surface area (TPSA) is 61.5 Å². The van der Waals surface area contributed by atoms with Gasteiger partial charge in [0.1, 0.15) is 5.76 Å². The Morgan fingerprint density at radius 2 is 2.53 bits per heavy atom. The molecule has 1 atom stereocenters. The summed E-state index contributed by atoms with van der Waals surface area (Å²) in [5.74, 6) is 0.836. The molecular formula is C12H21N3O2. The second-order valence-corrected chi connectivity index (χ2v) is 4.68. The van der Waals surface area contributed by atoms with Crippen LogP contribution in [0, 0.1) is 6.92 Å². The van der Waals surface area contributed by atoms with Gasteiger partial charge in [-0.05, 0) is 26.3 Å². The minimum atomic E-state index is 0.184. The summed E-state index contributed by atoms with van der Waals surface area (Å²) in [7, 11) is 0. The first kappa shape index (κ1) is 12.5. The predicted molar refractivity (Wildman–Crippen MR) is 64.6 cm³/mol. The summed E-state index contributed by atoms with van der Waals surface area (Å²) in [5, 5.41) is 16.6. The number of nitrogens with one attached hydrogen (secondary N) is 1. The fraction of sp³-hybridized carbons (Fsp3) is 0.750. The number of nitrogens with zero attached hydrogens (tertiary/aromatic N) is 2. The monoisotopic (exact) mass is 239 g/mol. The Hall–Kier alpha value is -0.910. The molecule has 0 saturated carbocycles. The highest BCUT2D eigenvalue weighted by Crippen LogP contribution is 2.10. The van der Waals surface area contributed by atoms with Crippen LogP contribution >= 0.6 is 0 Å². The lowest BCUT2D eigenvalue weighted by molar-refractivity contribution is 0.176. The summed E-state index contributed by atoms with van der Waals surface area (Å²) in [6.07, 6.45) is 2.47. The number of hydrogen-bond donors (Lipinski definition) is 2. The minimum absolute atomic E-state index is 0.184. The van der Waals surface area contributed by atoms with Crippen LogP contribution in [-0.2, 0) is 6.54 Å². The maximum absolute atomic E-state index is 9.09. The van der Waals surface area contributed by atoms with E-state index in [1.54, 1.807) is 0 Å². The SMILES string of the molecule is Cc1cc(CN(CCO)CC2CCCN2)no1. The van der Waals surface area contributed by atoms with Crippen LogP contribution in [0.1, 0.15) is 24.3 Å². The van der Waals surface area contributed by atoms with Crippen LogP contribution in [0.15, 0.2) is 10.6 Å². The molecule has 1 saturated heterocycles. The van der Waals surface area contributed by atoms with Crippen molar-refractivity contribution in [2.24, 2.45) is 0 Å². The molecule has 0 aliphatic carbocycles. The van der Waals surface area contributed by atoms with Gasteiger partial charge in [0.25, 0.3) is 0 Å². The van der Waals surface area contributed by atoms with E-state index in [4.69, 9.17) is 9.63 Å². The van der Waals surface area contributed by atoms with Gasteiger partial charge < -0.3 is 14.9 Å². The minimum Gasteiger partial charge on any atom is -0.395 e. The van der Waals surface area contributed by atoms with Crippen LogP contribution in [0.25, 0.3) is 0 Å². The zero-order valence-electron chi connectivity index (χ0n) is 10.4. The third-order valence-electron chi connectivity index (χ3n) is 3.12. The Morgan fingerprint density at radius 3 is 3.12 bits per heavy atom. The van der Waals surface area contributed by atoms with Gasteiger partial charge in [0.05, 0.1) is 12.3 Å². The van der Waals surface area contributed by atoms with Gasteiger partial charge in [-0.15, -0.1) is 0 Å². The first-order valence-electron chi connectivity index (χ1n) is 6.26. The van der Waals surface area contributed by atoms with E-state index >= 15 is 0 Å². The van der Waals surface area contributed by atoms with E-state index in [0.717, 1.165) is 31.1 Å². The van der Waals surface area contributed by atoms with E-state index in [0.29, 0.717) is 12.6 Å². The number of aliphatic hydroxyl groups excluding tert-OH is 1. The van der Waals surface area contributed by atoms with Crippen LogP contribution in [0.3, 0.4) is 0 Å². The summed E-state index contributed by atoms with van der Waals surface area (Å²) >= 11 is 0. The first-order chi connectivity index (χ1) is 8.28. The summed E-state index contributed by atoms with van der Waals surface area (Å²) in [6.45, 7) is 5.59. The average Bonchev–Trinajstić information content (AvgIpc) is 2.91. The van der Waals surface area contributed by atoms with Crippen molar-refractivity contribution in [1.29, 1.82) is 0 Å². The summed E-state index contributed by atoms with van der Waals surface area (Å²) in [5.41, 5.74) is 0.939. The zero-order chi connectivity index (χ0) is 12.1. The van der Waals surface area contributed by atoms with Crippen molar-refractivity contribution < 1.29 is 9.63 Å². The van der Waals surface area contributed by atoms with E-state index in [-0.39, 0.29) is 6.61 Å². The molecule has 0 spiro atoms. The van der Waals surface area contributed by atoms with Crippen molar-refractivity contribution in [2.45, 2.75) is 32.4 Å². The maximum atomic E-state index is 9.09. The van der Waals surface area contributed by atoms with Gasteiger partial charge in [-0.3, -0.25) is 4.90 Å². The molecule has 1 aromatic rings. The average molecular weight is 239 g/mol. The molecule has 1 unspecified atom stereocenters. The number of aromatic nitrogens is 1. The fourth-order valence-electron chi connectivity index (χ4n) is 2.32. The molecule has 2 heterocycles.